The van der Waals surface area contributed by atoms with Crippen molar-refractivity contribution in [2.75, 3.05) is 26.3 Å². The van der Waals surface area contributed by atoms with Crippen molar-refractivity contribution in [3.05, 3.63) is 35.6 Å². The smallest absolute Gasteiger partial charge is 0.170 e. The molecule has 4 nitrogen and oxygen atoms in total. The summed E-state index contributed by atoms with van der Waals surface area (Å²) in [5.41, 5.74) is 0.832. The molecule has 2 heterocycles. The first-order chi connectivity index (χ1) is 9.72. The maximum Gasteiger partial charge on any atom is 0.170 e. The summed E-state index contributed by atoms with van der Waals surface area (Å²) in [6, 6.07) is 8.12. The van der Waals surface area contributed by atoms with Gasteiger partial charge in [-0.3, -0.25) is 4.90 Å². The molecule has 0 aliphatic carbocycles. The van der Waals surface area contributed by atoms with Gasteiger partial charge in [0.05, 0.1) is 19.3 Å². The lowest BCUT2D eigenvalue weighted by atomic mass is 9.99. The lowest BCUT2D eigenvalue weighted by Crippen LogP contribution is -2.46. The Morgan fingerprint density at radius 3 is 2.30 bits per heavy atom. The molecule has 0 N–H and O–H groups in total. The molecule has 1 unspecified atom stereocenters. The van der Waals surface area contributed by atoms with Gasteiger partial charge in [0.15, 0.2) is 5.79 Å². The second kappa shape index (κ2) is 5.49. The maximum atomic E-state index is 13.0. The van der Waals surface area contributed by atoms with Gasteiger partial charge in [-0.25, -0.2) is 4.39 Å². The Balaban J connectivity index is 1.69. The molecule has 0 aromatic heterocycles. The third kappa shape index (κ3) is 2.55. The summed E-state index contributed by atoms with van der Waals surface area (Å²) in [7, 11) is 0. The molecule has 2 fully saturated rings. The van der Waals surface area contributed by atoms with Gasteiger partial charge in [0.2, 0.25) is 0 Å². The number of hydrogen-bond acceptors (Lipinski definition) is 4. The van der Waals surface area contributed by atoms with Crippen LogP contribution in [0.2, 0.25) is 0 Å². The Morgan fingerprint density at radius 2 is 1.75 bits per heavy atom. The number of piperidine rings is 1. The Hall–Kier alpha value is -1.48. The molecule has 106 valence electrons. The van der Waals surface area contributed by atoms with Crippen LogP contribution in [0.5, 0.6) is 0 Å². The molecule has 2 aliphatic rings. The number of nitriles is 1. The fourth-order valence-electron chi connectivity index (χ4n) is 2.92. The minimum absolute atomic E-state index is 0.282. The molecule has 20 heavy (non-hydrogen) atoms. The first-order valence-electron chi connectivity index (χ1n) is 6.89. The number of hydrogen-bond donors (Lipinski definition) is 0. The van der Waals surface area contributed by atoms with Gasteiger partial charge >= 0.3 is 0 Å². The van der Waals surface area contributed by atoms with Crippen LogP contribution in [-0.2, 0) is 9.47 Å². The Kier molecular flexibility index (Phi) is 3.70. The van der Waals surface area contributed by atoms with Crippen LogP contribution in [-0.4, -0.2) is 37.0 Å². The molecular formula is C15H17FN2O2. The fraction of sp³-hybridized carbons (Fsp3) is 0.533. The van der Waals surface area contributed by atoms with Crippen molar-refractivity contribution in [2.45, 2.75) is 24.7 Å². The minimum Gasteiger partial charge on any atom is -0.347 e. The molecule has 2 aliphatic heterocycles. The lowest BCUT2D eigenvalue weighted by molar-refractivity contribution is -0.186. The SMILES string of the molecule is N#CC(c1ccc(F)cc1)N1CCC2(CC1)OCCO2. The van der Waals surface area contributed by atoms with E-state index in [1.165, 1.54) is 12.1 Å². The highest BCUT2D eigenvalue weighted by molar-refractivity contribution is 5.25. The van der Waals surface area contributed by atoms with Crippen LogP contribution in [0.4, 0.5) is 4.39 Å². The van der Waals surface area contributed by atoms with Crippen LogP contribution < -0.4 is 0 Å². The molecule has 0 saturated carbocycles. The fourth-order valence-corrected chi connectivity index (χ4v) is 2.92. The molecule has 0 radical (unpaired) electrons. The van der Waals surface area contributed by atoms with E-state index >= 15 is 0 Å². The highest BCUT2D eigenvalue weighted by Gasteiger charge is 2.41. The van der Waals surface area contributed by atoms with Gasteiger partial charge in [0.1, 0.15) is 11.9 Å². The van der Waals surface area contributed by atoms with Crippen LogP contribution in [0, 0.1) is 17.1 Å². The number of likely N-dealkylation sites (tertiary alicyclic amines) is 1. The highest BCUT2D eigenvalue weighted by Crippen LogP contribution is 2.34. The lowest BCUT2D eigenvalue weighted by Gasteiger charge is -2.39. The topological polar surface area (TPSA) is 45.5 Å². The number of benzene rings is 1. The Bertz CT molecular complexity index is 496. The second-order valence-electron chi connectivity index (χ2n) is 5.23. The first-order valence-corrected chi connectivity index (χ1v) is 6.89. The van der Waals surface area contributed by atoms with E-state index in [-0.39, 0.29) is 11.9 Å². The van der Waals surface area contributed by atoms with Gasteiger partial charge in [0.25, 0.3) is 0 Å². The third-order valence-electron chi connectivity index (χ3n) is 4.05. The van der Waals surface area contributed by atoms with E-state index < -0.39 is 5.79 Å². The molecule has 3 rings (SSSR count). The van der Waals surface area contributed by atoms with Gasteiger partial charge in [-0.05, 0) is 17.7 Å². The van der Waals surface area contributed by atoms with Gasteiger partial charge in [0, 0.05) is 25.9 Å². The number of nitrogens with zero attached hydrogens (tertiary/aromatic N) is 2. The zero-order valence-corrected chi connectivity index (χ0v) is 11.2. The summed E-state index contributed by atoms with van der Waals surface area (Å²) < 4.78 is 24.3. The van der Waals surface area contributed by atoms with E-state index in [1.54, 1.807) is 12.1 Å². The summed E-state index contributed by atoms with van der Waals surface area (Å²) >= 11 is 0. The van der Waals surface area contributed by atoms with Crippen molar-refractivity contribution >= 4 is 0 Å². The van der Waals surface area contributed by atoms with Crippen molar-refractivity contribution in [2.24, 2.45) is 0 Å². The predicted molar refractivity (Wildman–Crippen MR) is 70.2 cm³/mol. The molecule has 1 spiro atoms. The van der Waals surface area contributed by atoms with Crippen LogP contribution in [0.1, 0.15) is 24.4 Å². The first kappa shape index (κ1) is 13.5. The Morgan fingerprint density at radius 1 is 1.15 bits per heavy atom. The van der Waals surface area contributed by atoms with Crippen LogP contribution in [0.15, 0.2) is 24.3 Å². The van der Waals surface area contributed by atoms with Crippen LogP contribution in [0.25, 0.3) is 0 Å². The van der Waals surface area contributed by atoms with E-state index in [1.807, 2.05) is 0 Å². The maximum absolute atomic E-state index is 13.0. The van der Waals surface area contributed by atoms with Gasteiger partial charge in [-0.1, -0.05) is 12.1 Å². The monoisotopic (exact) mass is 276 g/mol. The van der Waals surface area contributed by atoms with Crippen LogP contribution in [0.3, 0.4) is 0 Å². The van der Waals surface area contributed by atoms with Crippen molar-refractivity contribution < 1.29 is 13.9 Å². The summed E-state index contributed by atoms with van der Waals surface area (Å²) in [5, 5.41) is 9.41. The average molecular weight is 276 g/mol. The summed E-state index contributed by atoms with van der Waals surface area (Å²) in [4.78, 5) is 2.10. The van der Waals surface area contributed by atoms with Crippen molar-refractivity contribution in [3.8, 4) is 6.07 Å². The minimum atomic E-state index is -0.431. The highest BCUT2D eigenvalue weighted by atomic mass is 19.1. The van der Waals surface area contributed by atoms with Crippen molar-refractivity contribution in [1.82, 2.24) is 4.90 Å². The van der Waals surface area contributed by atoms with Crippen LogP contribution >= 0.6 is 0 Å². The molecule has 1 aromatic rings. The Labute approximate surface area is 117 Å². The molecule has 5 heteroatoms. The summed E-state index contributed by atoms with van der Waals surface area (Å²) in [5.74, 6) is -0.713. The number of rotatable bonds is 2. The van der Waals surface area contributed by atoms with E-state index in [2.05, 4.69) is 11.0 Å². The molecular weight excluding hydrogens is 259 g/mol. The van der Waals surface area contributed by atoms with Crippen molar-refractivity contribution in [1.29, 1.82) is 5.26 Å². The second-order valence-corrected chi connectivity index (χ2v) is 5.23. The van der Waals surface area contributed by atoms with E-state index in [4.69, 9.17) is 9.47 Å². The molecule has 0 bridgehead atoms. The molecule has 0 amide bonds. The van der Waals surface area contributed by atoms with E-state index in [0.29, 0.717) is 13.2 Å². The van der Waals surface area contributed by atoms with Crippen molar-refractivity contribution in [3.63, 3.8) is 0 Å². The number of ether oxygens (including phenoxy) is 2. The predicted octanol–water partition coefficient (Wildman–Crippen LogP) is 2.23. The molecule has 1 atom stereocenters. The van der Waals surface area contributed by atoms with E-state index in [9.17, 15) is 9.65 Å². The van der Waals surface area contributed by atoms with Gasteiger partial charge in [-0.15, -0.1) is 0 Å². The summed E-state index contributed by atoms with van der Waals surface area (Å²) in [6.07, 6.45) is 1.54. The quantitative estimate of drug-likeness (QED) is 0.831. The van der Waals surface area contributed by atoms with E-state index in [0.717, 1.165) is 31.5 Å². The van der Waals surface area contributed by atoms with Gasteiger partial charge < -0.3 is 9.47 Å². The average Bonchev–Trinajstić information content (AvgIpc) is 2.92. The third-order valence-corrected chi connectivity index (χ3v) is 4.05. The summed E-state index contributed by atoms with van der Waals surface area (Å²) in [6.45, 7) is 2.80. The normalized spacial score (nSPS) is 23.6. The van der Waals surface area contributed by atoms with Gasteiger partial charge in [-0.2, -0.15) is 5.26 Å². The molecule has 1 aromatic carbocycles. The standard InChI is InChI=1S/C15H17FN2O2/c16-13-3-1-12(2-4-13)14(11-17)18-7-5-15(6-8-18)19-9-10-20-15/h1-4,14H,5-10H2. The zero-order valence-electron chi connectivity index (χ0n) is 11.2. The molecule has 2 saturated heterocycles. The number of halogens is 1. The zero-order chi connectivity index (χ0) is 14.0. The largest absolute Gasteiger partial charge is 0.347 e.